The van der Waals surface area contributed by atoms with Gasteiger partial charge in [0.25, 0.3) is 0 Å². The average Bonchev–Trinajstić information content (AvgIpc) is 3.87. The van der Waals surface area contributed by atoms with Crippen molar-refractivity contribution < 1.29 is 13.9 Å². The SMILES string of the molecule is C#C.CC=C(NCC(c1cc2c(c(-c3ccnc(F)c3Cl)n1)OCC2C)C1CC1)c1cc(OC)c2nc(C)c(Cl)cc2c1.CCC.CN. The third-order valence-electron chi connectivity index (χ3n) is 8.05. The molecule has 0 saturated heterocycles. The lowest BCUT2D eigenvalue weighted by atomic mass is 9.93. The predicted molar refractivity (Wildman–Crippen MR) is 197 cm³/mol. The van der Waals surface area contributed by atoms with Crippen LogP contribution < -0.4 is 20.5 Å². The average molecular weight is 695 g/mol. The van der Waals surface area contributed by atoms with Gasteiger partial charge in [-0.3, -0.25) is 0 Å². The smallest absolute Gasteiger partial charge is 0.232 e. The van der Waals surface area contributed by atoms with Crippen molar-refractivity contribution in [2.75, 3.05) is 27.3 Å². The number of ether oxygens (including phenoxy) is 2. The maximum absolute atomic E-state index is 14.3. The number of allylic oxidation sites excluding steroid dienone is 1. The summed E-state index contributed by atoms with van der Waals surface area (Å²) in [5, 5.41) is 5.17. The minimum atomic E-state index is -0.716. The Hall–Kier alpha value is -3.90. The number of halogens is 3. The van der Waals surface area contributed by atoms with Crippen LogP contribution in [-0.2, 0) is 0 Å². The molecule has 256 valence electrons. The van der Waals surface area contributed by atoms with Crippen molar-refractivity contribution in [3.63, 3.8) is 0 Å². The molecule has 4 heterocycles. The Balaban J connectivity index is 0.000000832. The molecule has 3 N–H and O–H groups in total. The number of nitrogens with one attached hydrogen (secondary N) is 1. The van der Waals surface area contributed by atoms with Gasteiger partial charge in [0, 0.05) is 58.0 Å². The fraction of sp³-hybridized carbons (Fsp3) is 0.395. The van der Waals surface area contributed by atoms with E-state index >= 15 is 0 Å². The number of aryl methyl sites for hydroxylation is 1. The van der Waals surface area contributed by atoms with Crippen molar-refractivity contribution in [2.24, 2.45) is 11.7 Å². The van der Waals surface area contributed by atoms with E-state index in [-0.39, 0.29) is 16.9 Å². The van der Waals surface area contributed by atoms with Gasteiger partial charge in [0.05, 0.1) is 24.4 Å². The van der Waals surface area contributed by atoms with Crippen LogP contribution in [0.15, 0.2) is 42.6 Å². The summed E-state index contributed by atoms with van der Waals surface area (Å²) in [5.74, 6) is 1.50. The van der Waals surface area contributed by atoms with Crippen LogP contribution in [-0.4, -0.2) is 42.3 Å². The van der Waals surface area contributed by atoms with E-state index in [0.29, 0.717) is 46.8 Å². The highest BCUT2D eigenvalue weighted by Crippen LogP contribution is 2.47. The molecule has 0 radical (unpaired) electrons. The summed E-state index contributed by atoms with van der Waals surface area (Å²) in [5.41, 5.74) is 11.1. The van der Waals surface area contributed by atoms with Crippen molar-refractivity contribution in [2.45, 2.75) is 65.7 Å². The van der Waals surface area contributed by atoms with E-state index in [2.05, 4.69) is 72.8 Å². The van der Waals surface area contributed by atoms with Gasteiger partial charge in [-0.25, -0.2) is 15.0 Å². The first-order chi connectivity index (χ1) is 23.2. The second kappa shape index (κ2) is 18.0. The number of nitrogens with zero attached hydrogens (tertiary/aromatic N) is 3. The summed E-state index contributed by atoms with van der Waals surface area (Å²) < 4.78 is 26.1. The van der Waals surface area contributed by atoms with Gasteiger partial charge >= 0.3 is 0 Å². The Kier molecular flexibility index (Phi) is 14.5. The molecule has 7 nitrogen and oxygen atoms in total. The number of hydrogen-bond acceptors (Lipinski definition) is 7. The van der Waals surface area contributed by atoms with Crippen molar-refractivity contribution in [1.29, 1.82) is 0 Å². The number of pyridine rings is 3. The number of nitrogens with two attached hydrogens (primary N) is 1. The number of rotatable bonds is 8. The van der Waals surface area contributed by atoms with Gasteiger partial charge in [-0.15, -0.1) is 12.8 Å². The van der Waals surface area contributed by atoms with Crippen LogP contribution >= 0.6 is 23.2 Å². The number of fused-ring (bicyclic) bond motifs is 2. The highest BCUT2D eigenvalue weighted by molar-refractivity contribution is 6.33. The van der Waals surface area contributed by atoms with E-state index in [1.54, 1.807) is 13.2 Å². The molecular weight excluding hydrogens is 648 g/mol. The van der Waals surface area contributed by atoms with Gasteiger partial charge < -0.3 is 20.5 Å². The summed E-state index contributed by atoms with van der Waals surface area (Å²) in [4.78, 5) is 13.4. The lowest BCUT2D eigenvalue weighted by Crippen LogP contribution is -2.23. The first-order valence-electron chi connectivity index (χ1n) is 16.1. The van der Waals surface area contributed by atoms with Gasteiger partial charge in [0.2, 0.25) is 5.95 Å². The topological polar surface area (TPSA) is 95.2 Å². The molecule has 1 aliphatic heterocycles. The minimum Gasteiger partial charge on any atom is -0.494 e. The molecule has 6 rings (SSSR count). The van der Waals surface area contributed by atoms with Crippen molar-refractivity contribution in [3.8, 4) is 35.6 Å². The van der Waals surface area contributed by atoms with Crippen LogP contribution in [0.5, 0.6) is 11.5 Å². The molecule has 48 heavy (non-hydrogen) atoms. The molecule has 10 heteroatoms. The lowest BCUT2D eigenvalue weighted by molar-refractivity contribution is 0.337. The summed E-state index contributed by atoms with van der Waals surface area (Å²) in [6.07, 6.45) is 15.0. The van der Waals surface area contributed by atoms with E-state index in [1.165, 1.54) is 19.7 Å². The van der Waals surface area contributed by atoms with E-state index in [9.17, 15) is 4.39 Å². The summed E-state index contributed by atoms with van der Waals surface area (Å²) >= 11 is 12.8. The number of benzene rings is 1. The molecule has 2 aliphatic rings. The van der Waals surface area contributed by atoms with Gasteiger partial charge in [0.15, 0.2) is 0 Å². The van der Waals surface area contributed by atoms with Crippen molar-refractivity contribution >= 4 is 39.8 Å². The fourth-order valence-corrected chi connectivity index (χ4v) is 5.96. The van der Waals surface area contributed by atoms with E-state index in [4.69, 9.17) is 37.7 Å². The number of terminal acetylenes is 1. The van der Waals surface area contributed by atoms with E-state index in [1.807, 2.05) is 26.0 Å². The molecule has 0 spiro atoms. The van der Waals surface area contributed by atoms with Crippen LogP contribution in [0.25, 0.3) is 27.9 Å². The summed E-state index contributed by atoms with van der Waals surface area (Å²) in [6.45, 7) is 11.5. The number of hydrogen-bond donors (Lipinski definition) is 2. The Bertz CT molecular complexity index is 1760. The number of methoxy groups -OCH3 is 1. The molecule has 1 fully saturated rings. The van der Waals surface area contributed by atoms with Gasteiger partial charge in [0.1, 0.15) is 27.7 Å². The zero-order valence-corrected chi connectivity index (χ0v) is 30.3. The van der Waals surface area contributed by atoms with Crippen LogP contribution in [0, 0.1) is 31.6 Å². The largest absolute Gasteiger partial charge is 0.494 e. The van der Waals surface area contributed by atoms with Gasteiger partial charge in [-0.2, -0.15) is 4.39 Å². The second-order valence-electron chi connectivity index (χ2n) is 11.5. The molecule has 1 saturated carbocycles. The van der Waals surface area contributed by atoms with Crippen LogP contribution in [0.4, 0.5) is 4.39 Å². The Morgan fingerprint density at radius 2 is 1.85 bits per heavy atom. The first kappa shape index (κ1) is 38.5. The zero-order valence-electron chi connectivity index (χ0n) is 28.8. The third kappa shape index (κ3) is 8.57. The maximum atomic E-state index is 14.3. The van der Waals surface area contributed by atoms with E-state index in [0.717, 1.165) is 52.0 Å². The monoisotopic (exact) mass is 693 g/mol. The van der Waals surface area contributed by atoms with Crippen LogP contribution in [0.1, 0.15) is 81.3 Å². The molecule has 1 aromatic carbocycles. The zero-order chi connectivity index (χ0) is 35.5. The number of aromatic nitrogens is 3. The predicted octanol–water partition coefficient (Wildman–Crippen LogP) is 9.34. The molecular formula is C38H46Cl2FN5O2. The summed E-state index contributed by atoms with van der Waals surface area (Å²) in [6, 6.07) is 9.87. The van der Waals surface area contributed by atoms with Crippen molar-refractivity contribution in [1.82, 2.24) is 20.3 Å². The highest BCUT2D eigenvalue weighted by Gasteiger charge is 2.36. The first-order valence-corrected chi connectivity index (χ1v) is 16.9. The van der Waals surface area contributed by atoms with Gasteiger partial charge in [-0.05, 0) is 70.0 Å². The van der Waals surface area contributed by atoms with Gasteiger partial charge in [-0.1, -0.05) is 56.5 Å². The van der Waals surface area contributed by atoms with Crippen molar-refractivity contribution in [3.05, 3.63) is 81.1 Å². The third-order valence-corrected chi connectivity index (χ3v) is 8.79. The maximum Gasteiger partial charge on any atom is 0.232 e. The molecule has 3 aromatic heterocycles. The Morgan fingerprint density at radius 3 is 2.48 bits per heavy atom. The molecule has 0 amide bonds. The molecule has 4 aromatic rings. The molecule has 0 bridgehead atoms. The lowest BCUT2D eigenvalue weighted by Gasteiger charge is -2.22. The minimum absolute atomic E-state index is 0.0464. The highest BCUT2D eigenvalue weighted by atomic mass is 35.5. The Labute approximate surface area is 294 Å². The Morgan fingerprint density at radius 1 is 1.17 bits per heavy atom. The van der Waals surface area contributed by atoms with Crippen LogP contribution in [0.2, 0.25) is 10.0 Å². The molecule has 2 atom stereocenters. The molecule has 2 unspecified atom stereocenters. The quantitative estimate of drug-likeness (QED) is 0.140. The summed E-state index contributed by atoms with van der Waals surface area (Å²) in [7, 11) is 3.15. The standard InChI is InChI=1S/C32H31Cl2FN4O2.C3H8.C2H2.CH5N/c1-5-25(19-10-20-11-24(33)17(3)38-29(20)27(12-19)40-4)37-14-23(18-6-7-18)26-13-22-16(2)15-41-31(22)30(39-26)21-8-9-36-32(35)28(21)34;1-3-2;2*1-2/h5,8-13,16,18,23,37H,6-7,14-15H2,1-4H3;3H2,1-2H3;1-2H;2H2,1H3. The second-order valence-corrected chi connectivity index (χ2v) is 12.3. The normalized spacial score (nSPS) is 15.4. The molecule has 1 aliphatic carbocycles. The fourth-order valence-electron chi connectivity index (χ4n) is 5.60. The van der Waals surface area contributed by atoms with E-state index < -0.39 is 5.95 Å². The van der Waals surface area contributed by atoms with Crippen LogP contribution in [0.3, 0.4) is 0 Å².